The maximum absolute atomic E-state index is 5.86. The Hall–Kier alpha value is -2.49. The molecule has 0 aliphatic carbocycles. The first-order valence-corrected chi connectivity index (χ1v) is 6.03. The number of benzene rings is 2. The molecule has 0 unspecified atom stereocenters. The van der Waals surface area contributed by atoms with E-state index in [2.05, 4.69) is 10.3 Å². The summed E-state index contributed by atoms with van der Waals surface area (Å²) in [5.74, 6) is 1.11. The summed E-state index contributed by atoms with van der Waals surface area (Å²) in [6.45, 7) is 0.550. The second-order valence-electron chi connectivity index (χ2n) is 4.01. The molecule has 0 heterocycles. The number of nitrogens with zero attached hydrogens (tertiary/aromatic N) is 1. The lowest BCUT2D eigenvalue weighted by Gasteiger charge is -2.10. The van der Waals surface area contributed by atoms with Crippen molar-refractivity contribution in [2.24, 2.45) is 10.7 Å². The lowest BCUT2D eigenvalue weighted by atomic mass is 10.2. The van der Waals surface area contributed by atoms with E-state index in [9.17, 15) is 0 Å². The van der Waals surface area contributed by atoms with E-state index >= 15 is 0 Å². The lowest BCUT2D eigenvalue weighted by Crippen LogP contribution is -2.22. The molecule has 2 rings (SSSR count). The fourth-order valence-electron chi connectivity index (χ4n) is 1.69. The minimum absolute atomic E-state index is 0.369. The van der Waals surface area contributed by atoms with Gasteiger partial charge in [-0.05, 0) is 17.7 Å². The van der Waals surface area contributed by atoms with Gasteiger partial charge in [0.25, 0.3) is 0 Å². The molecule has 4 heteroatoms. The first kappa shape index (κ1) is 13.0. The van der Waals surface area contributed by atoms with Crippen molar-refractivity contribution in [3.63, 3.8) is 0 Å². The van der Waals surface area contributed by atoms with Crippen LogP contribution in [0.25, 0.3) is 0 Å². The van der Waals surface area contributed by atoms with Crippen LogP contribution in [0.5, 0.6) is 5.75 Å². The quantitative estimate of drug-likeness (QED) is 0.652. The van der Waals surface area contributed by atoms with Gasteiger partial charge in [-0.2, -0.15) is 0 Å². The van der Waals surface area contributed by atoms with E-state index in [1.165, 1.54) is 0 Å². The normalized spacial score (nSPS) is 11.1. The molecule has 2 aromatic carbocycles. The van der Waals surface area contributed by atoms with Crippen LogP contribution < -0.4 is 15.8 Å². The fraction of sp³-hybridized carbons (Fsp3) is 0.133. The number of para-hydroxylation sites is 2. The van der Waals surface area contributed by atoms with Crippen LogP contribution in [-0.4, -0.2) is 13.1 Å². The maximum Gasteiger partial charge on any atom is 0.193 e. The number of aliphatic imine (C=N–C) groups is 1. The van der Waals surface area contributed by atoms with Crippen LogP contribution in [0.15, 0.2) is 59.6 Å². The largest absolute Gasteiger partial charge is 0.495 e. The molecule has 0 aliphatic rings. The Bertz CT molecular complexity index is 552. The Labute approximate surface area is 112 Å². The van der Waals surface area contributed by atoms with Crippen LogP contribution in [0.2, 0.25) is 0 Å². The molecule has 0 saturated carbocycles. The molecule has 98 valence electrons. The fourth-order valence-corrected chi connectivity index (χ4v) is 1.69. The second-order valence-corrected chi connectivity index (χ2v) is 4.01. The van der Waals surface area contributed by atoms with Crippen LogP contribution >= 0.6 is 0 Å². The van der Waals surface area contributed by atoms with Crippen LogP contribution in [-0.2, 0) is 6.54 Å². The molecule has 0 amide bonds. The van der Waals surface area contributed by atoms with Crippen molar-refractivity contribution >= 4 is 11.6 Å². The van der Waals surface area contributed by atoms with Crippen molar-refractivity contribution in [1.82, 2.24) is 0 Å². The molecule has 0 saturated heterocycles. The van der Waals surface area contributed by atoms with Crippen molar-refractivity contribution < 1.29 is 4.74 Å². The lowest BCUT2D eigenvalue weighted by molar-refractivity contribution is 0.417. The molecule has 0 atom stereocenters. The van der Waals surface area contributed by atoms with Crippen molar-refractivity contribution in [2.45, 2.75) is 6.54 Å². The highest BCUT2D eigenvalue weighted by molar-refractivity contribution is 5.93. The Morgan fingerprint density at radius 3 is 2.53 bits per heavy atom. The summed E-state index contributed by atoms with van der Waals surface area (Å²) in [4.78, 5) is 4.29. The average molecular weight is 255 g/mol. The molecule has 19 heavy (non-hydrogen) atoms. The second kappa shape index (κ2) is 6.44. The summed E-state index contributed by atoms with van der Waals surface area (Å²) in [5.41, 5.74) is 7.78. The van der Waals surface area contributed by atoms with E-state index in [1.54, 1.807) is 7.11 Å². The number of anilines is 1. The molecule has 4 nitrogen and oxygen atoms in total. The first-order valence-electron chi connectivity index (χ1n) is 6.03. The van der Waals surface area contributed by atoms with E-state index in [1.807, 2.05) is 54.6 Å². The Morgan fingerprint density at radius 2 is 1.79 bits per heavy atom. The average Bonchev–Trinajstić information content (AvgIpc) is 2.47. The van der Waals surface area contributed by atoms with Gasteiger partial charge in [-0.25, -0.2) is 4.99 Å². The van der Waals surface area contributed by atoms with Crippen LogP contribution in [0.1, 0.15) is 5.56 Å². The number of nitrogens with two attached hydrogens (primary N) is 1. The summed E-state index contributed by atoms with van der Waals surface area (Å²) in [6, 6.07) is 17.5. The molecule has 0 spiro atoms. The summed E-state index contributed by atoms with van der Waals surface area (Å²) in [7, 11) is 1.62. The topological polar surface area (TPSA) is 59.6 Å². The third-order valence-electron chi connectivity index (χ3n) is 2.64. The Balaban J connectivity index is 2.02. The van der Waals surface area contributed by atoms with Gasteiger partial charge in [-0.3, -0.25) is 0 Å². The van der Waals surface area contributed by atoms with E-state index in [0.717, 1.165) is 17.0 Å². The van der Waals surface area contributed by atoms with Gasteiger partial charge in [-0.15, -0.1) is 0 Å². The minimum atomic E-state index is 0.369. The van der Waals surface area contributed by atoms with Gasteiger partial charge < -0.3 is 15.8 Å². The van der Waals surface area contributed by atoms with Crippen molar-refractivity contribution in [2.75, 3.05) is 12.4 Å². The van der Waals surface area contributed by atoms with E-state index < -0.39 is 0 Å². The Kier molecular flexibility index (Phi) is 4.39. The zero-order valence-electron chi connectivity index (χ0n) is 10.8. The molecule has 3 N–H and O–H groups in total. The van der Waals surface area contributed by atoms with Gasteiger partial charge in [0.05, 0.1) is 19.3 Å². The smallest absolute Gasteiger partial charge is 0.193 e. The zero-order valence-corrected chi connectivity index (χ0v) is 10.8. The number of rotatable bonds is 4. The maximum atomic E-state index is 5.86. The highest BCUT2D eigenvalue weighted by Gasteiger charge is 2.01. The molecular weight excluding hydrogens is 238 g/mol. The molecule has 0 radical (unpaired) electrons. The highest BCUT2D eigenvalue weighted by Crippen LogP contribution is 2.22. The van der Waals surface area contributed by atoms with Crippen molar-refractivity contribution in [1.29, 1.82) is 0 Å². The van der Waals surface area contributed by atoms with Gasteiger partial charge in [0.2, 0.25) is 0 Å². The number of hydrogen-bond acceptors (Lipinski definition) is 2. The summed E-state index contributed by atoms with van der Waals surface area (Å²) < 4.78 is 5.24. The van der Waals surface area contributed by atoms with Crippen molar-refractivity contribution in [3.05, 3.63) is 60.2 Å². The number of hydrogen-bond donors (Lipinski definition) is 2. The Morgan fingerprint density at radius 1 is 1.11 bits per heavy atom. The molecule has 0 fully saturated rings. The van der Waals surface area contributed by atoms with Crippen LogP contribution in [0, 0.1) is 0 Å². The van der Waals surface area contributed by atoms with Crippen LogP contribution in [0.3, 0.4) is 0 Å². The zero-order chi connectivity index (χ0) is 13.5. The summed E-state index contributed by atoms with van der Waals surface area (Å²) in [5, 5.41) is 3.03. The monoisotopic (exact) mass is 255 g/mol. The standard InChI is InChI=1S/C15H17N3O/c1-19-14-10-6-5-9-13(14)18-15(16)17-11-12-7-3-2-4-8-12/h2-10H,11H2,1H3,(H3,16,17,18). The molecule has 2 aromatic rings. The van der Waals surface area contributed by atoms with Gasteiger partial charge in [0.15, 0.2) is 5.96 Å². The van der Waals surface area contributed by atoms with E-state index in [4.69, 9.17) is 10.5 Å². The summed E-state index contributed by atoms with van der Waals surface area (Å²) in [6.07, 6.45) is 0. The molecule has 0 aliphatic heterocycles. The predicted molar refractivity (Wildman–Crippen MR) is 78.4 cm³/mol. The number of methoxy groups -OCH3 is 1. The number of nitrogens with one attached hydrogen (secondary N) is 1. The van der Waals surface area contributed by atoms with Gasteiger partial charge in [-0.1, -0.05) is 42.5 Å². The van der Waals surface area contributed by atoms with Crippen LogP contribution in [0.4, 0.5) is 5.69 Å². The minimum Gasteiger partial charge on any atom is -0.495 e. The number of ether oxygens (including phenoxy) is 1. The SMILES string of the molecule is COc1ccccc1NC(N)=NCc1ccccc1. The van der Waals surface area contributed by atoms with Gasteiger partial charge in [0.1, 0.15) is 5.75 Å². The van der Waals surface area contributed by atoms with E-state index in [0.29, 0.717) is 12.5 Å². The predicted octanol–water partition coefficient (Wildman–Crippen LogP) is 2.62. The molecule has 0 bridgehead atoms. The third kappa shape index (κ3) is 3.74. The molecular formula is C15H17N3O. The van der Waals surface area contributed by atoms with Crippen molar-refractivity contribution in [3.8, 4) is 5.75 Å². The van der Waals surface area contributed by atoms with Gasteiger partial charge >= 0.3 is 0 Å². The number of guanidine groups is 1. The third-order valence-corrected chi connectivity index (χ3v) is 2.64. The highest BCUT2D eigenvalue weighted by atomic mass is 16.5. The molecule has 0 aromatic heterocycles. The van der Waals surface area contributed by atoms with Gasteiger partial charge in [0, 0.05) is 0 Å². The first-order chi connectivity index (χ1) is 9.29. The van der Waals surface area contributed by atoms with E-state index in [-0.39, 0.29) is 0 Å². The summed E-state index contributed by atoms with van der Waals surface area (Å²) >= 11 is 0.